The van der Waals surface area contributed by atoms with Crippen molar-refractivity contribution in [2.24, 2.45) is 0 Å². The Balaban J connectivity index is 1.63. The third-order valence-electron chi connectivity index (χ3n) is 4.87. The second kappa shape index (κ2) is 9.08. The zero-order valence-electron chi connectivity index (χ0n) is 17.7. The number of hydrogen-bond acceptors (Lipinski definition) is 9. The number of rotatable bonds is 8. The van der Waals surface area contributed by atoms with Gasteiger partial charge in [-0.25, -0.2) is 4.98 Å². The van der Waals surface area contributed by atoms with E-state index in [-0.39, 0.29) is 17.0 Å². The molecule has 0 atom stereocenters. The number of fused-ring (bicyclic) bond motifs is 1. The van der Waals surface area contributed by atoms with Gasteiger partial charge < -0.3 is 4.98 Å². The number of carbonyl (C=O) groups is 1. The Labute approximate surface area is 195 Å². The minimum Gasteiger partial charge on any atom is -0.309 e. The number of Topliss-reactive ketones (excluding diaryl/α,β-unsaturated/α-hetero) is 1. The molecule has 0 fully saturated rings. The van der Waals surface area contributed by atoms with Gasteiger partial charge in [-0.1, -0.05) is 17.8 Å². The zero-order chi connectivity index (χ0) is 23.7. The monoisotopic (exact) mass is 482 g/mol. The van der Waals surface area contributed by atoms with Crippen molar-refractivity contribution in [2.75, 3.05) is 0 Å². The fraction of sp³-hybridized carbons (Fsp3) is 0.190. The number of H-pyrrole nitrogens is 1. The lowest BCUT2D eigenvalue weighted by Crippen LogP contribution is -2.11. The number of nitrogens with zero attached hydrogens (tertiary/aromatic N) is 5. The molecule has 0 amide bonds. The number of carbonyl (C=O) groups excluding carboxylic acids is 1. The van der Waals surface area contributed by atoms with Crippen molar-refractivity contribution < 1.29 is 9.72 Å². The molecule has 10 nitrogen and oxygen atoms in total. The third kappa shape index (κ3) is 4.34. The number of ketones is 1. The van der Waals surface area contributed by atoms with Crippen LogP contribution >= 0.6 is 23.1 Å². The molecule has 0 saturated heterocycles. The van der Waals surface area contributed by atoms with Crippen LogP contribution in [0.25, 0.3) is 21.6 Å². The number of thioether (sulfide) groups is 1. The molecule has 0 unspecified atom stereocenters. The number of thiophene rings is 1. The molecular weight excluding hydrogens is 464 g/mol. The van der Waals surface area contributed by atoms with Crippen LogP contribution in [0.15, 0.2) is 46.9 Å². The highest BCUT2D eigenvalue weighted by atomic mass is 32.2. The van der Waals surface area contributed by atoms with Crippen LogP contribution < -0.4 is 5.56 Å². The minimum absolute atomic E-state index is 0.00898. The van der Waals surface area contributed by atoms with Gasteiger partial charge in [-0.3, -0.25) is 24.3 Å². The van der Waals surface area contributed by atoms with Crippen LogP contribution in [-0.4, -0.2) is 35.4 Å². The first-order chi connectivity index (χ1) is 15.8. The van der Waals surface area contributed by atoms with Gasteiger partial charge in [0.05, 0.1) is 20.9 Å². The highest BCUT2D eigenvalue weighted by Gasteiger charge is 2.18. The van der Waals surface area contributed by atoms with Crippen LogP contribution in [0, 0.1) is 17.0 Å². The highest BCUT2D eigenvalue weighted by molar-refractivity contribution is 7.98. The number of benzene rings is 1. The average molecular weight is 483 g/mol. The lowest BCUT2D eigenvalue weighted by molar-refractivity contribution is -0.384. The second-order valence-corrected chi connectivity index (χ2v) is 9.04. The number of nitro benzene ring substituents is 1. The van der Waals surface area contributed by atoms with Crippen LogP contribution in [0.4, 0.5) is 5.69 Å². The maximum absolute atomic E-state index is 12.6. The van der Waals surface area contributed by atoms with E-state index in [1.54, 1.807) is 25.1 Å². The molecule has 0 saturated carbocycles. The van der Waals surface area contributed by atoms with Crippen molar-refractivity contribution >= 4 is 44.8 Å². The lowest BCUT2D eigenvalue weighted by Gasteiger charge is -2.07. The number of aromatic amines is 1. The summed E-state index contributed by atoms with van der Waals surface area (Å²) in [5.41, 5.74) is 1.04. The quantitative estimate of drug-likeness (QED) is 0.130. The lowest BCUT2D eigenvalue weighted by atomic mass is 10.2. The Bertz CT molecular complexity index is 1450. The highest BCUT2D eigenvalue weighted by Crippen LogP contribution is 2.29. The van der Waals surface area contributed by atoms with E-state index < -0.39 is 4.92 Å². The normalized spacial score (nSPS) is 11.1. The Morgan fingerprint density at radius 2 is 2.06 bits per heavy atom. The third-order valence-corrected chi connectivity index (χ3v) is 7.14. The number of aryl methyl sites for hydroxylation is 1. The van der Waals surface area contributed by atoms with E-state index in [4.69, 9.17) is 0 Å². The summed E-state index contributed by atoms with van der Waals surface area (Å²) in [6, 6.07) is 6.07. The zero-order valence-corrected chi connectivity index (χ0v) is 19.3. The molecule has 0 aliphatic heterocycles. The molecule has 0 radical (unpaired) electrons. The van der Waals surface area contributed by atoms with E-state index in [2.05, 4.69) is 26.7 Å². The fourth-order valence-corrected chi connectivity index (χ4v) is 5.27. The number of allylic oxidation sites excluding steroid dienone is 1. The summed E-state index contributed by atoms with van der Waals surface area (Å²) < 4.78 is 1.83. The molecule has 4 rings (SSSR count). The van der Waals surface area contributed by atoms with E-state index >= 15 is 0 Å². The Morgan fingerprint density at radius 3 is 2.70 bits per heavy atom. The molecule has 12 heteroatoms. The Hall–Kier alpha value is -3.64. The fourth-order valence-electron chi connectivity index (χ4n) is 3.36. The topological polar surface area (TPSA) is 137 Å². The van der Waals surface area contributed by atoms with Crippen LogP contribution in [-0.2, 0) is 12.3 Å². The van der Waals surface area contributed by atoms with E-state index in [9.17, 15) is 19.7 Å². The molecule has 33 heavy (non-hydrogen) atoms. The molecule has 0 aliphatic carbocycles. The predicted octanol–water partition coefficient (Wildman–Crippen LogP) is 4.14. The maximum atomic E-state index is 12.6. The minimum atomic E-state index is -0.460. The Morgan fingerprint density at radius 1 is 1.33 bits per heavy atom. The van der Waals surface area contributed by atoms with Gasteiger partial charge in [0.1, 0.15) is 10.7 Å². The summed E-state index contributed by atoms with van der Waals surface area (Å²) in [6.07, 6.45) is 1.70. The molecule has 168 valence electrons. The molecule has 3 heterocycles. The van der Waals surface area contributed by atoms with E-state index in [1.165, 1.54) is 42.2 Å². The molecular formula is C21H18N6O4S2. The summed E-state index contributed by atoms with van der Waals surface area (Å²) in [5, 5.41) is 20.4. The van der Waals surface area contributed by atoms with Gasteiger partial charge in [-0.15, -0.1) is 28.1 Å². The van der Waals surface area contributed by atoms with Gasteiger partial charge in [0.25, 0.3) is 11.2 Å². The van der Waals surface area contributed by atoms with Crippen LogP contribution in [0.5, 0.6) is 0 Å². The van der Waals surface area contributed by atoms with Crippen molar-refractivity contribution in [1.29, 1.82) is 0 Å². The standard InChI is InChI=1S/C21H18N6O4S2/c1-4-9-26-18(13-5-7-14(8-6-13)27(30)31)24-25-21(26)32-10-15-22-19(29)16-11(2)17(12(3)28)33-20(16)23-15/h4-8H,1,9-10H2,2-3H3,(H,22,23,29). The van der Waals surface area contributed by atoms with Gasteiger partial charge in [-0.05, 0) is 31.5 Å². The van der Waals surface area contributed by atoms with Crippen molar-refractivity contribution in [3.05, 3.63) is 73.7 Å². The van der Waals surface area contributed by atoms with E-state index in [1.807, 2.05) is 4.57 Å². The van der Waals surface area contributed by atoms with Crippen molar-refractivity contribution in [3.8, 4) is 11.4 Å². The summed E-state index contributed by atoms with van der Waals surface area (Å²) in [5.74, 6) is 1.23. The Kier molecular flexibility index (Phi) is 6.20. The van der Waals surface area contributed by atoms with Gasteiger partial charge in [0, 0.05) is 24.2 Å². The van der Waals surface area contributed by atoms with Gasteiger partial charge in [0.2, 0.25) is 0 Å². The SMILES string of the molecule is C=CCn1c(SCc2nc3sc(C(C)=O)c(C)c3c(=O)[nH]2)nnc1-c1ccc([N+](=O)[O-])cc1. The maximum Gasteiger partial charge on any atom is 0.269 e. The number of non-ortho nitro benzene ring substituents is 1. The van der Waals surface area contributed by atoms with Crippen LogP contribution in [0.1, 0.15) is 28.0 Å². The first kappa shape index (κ1) is 22.6. The molecule has 0 spiro atoms. The molecule has 4 aromatic rings. The number of nitro groups is 1. The molecule has 0 aliphatic rings. The molecule has 1 aromatic carbocycles. The van der Waals surface area contributed by atoms with Gasteiger partial charge in [0.15, 0.2) is 16.8 Å². The van der Waals surface area contributed by atoms with Crippen molar-refractivity contribution in [2.45, 2.75) is 31.3 Å². The first-order valence-electron chi connectivity index (χ1n) is 9.75. The van der Waals surface area contributed by atoms with Gasteiger partial charge in [-0.2, -0.15) is 0 Å². The molecule has 3 aromatic heterocycles. The second-order valence-electron chi connectivity index (χ2n) is 7.10. The number of aromatic nitrogens is 5. The van der Waals surface area contributed by atoms with E-state index in [0.717, 1.165) is 0 Å². The number of hydrogen-bond donors (Lipinski definition) is 1. The number of nitrogens with one attached hydrogen (secondary N) is 1. The van der Waals surface area contributed by atoms with Crippen molar-refractivity contribution in [3.63, 3.8) is 0 Å². The summed E-state index contributed by atoms with van der Waals surface area (Å²) in [7, 11) is 0. The largest absolute Gasteiger partial charge is 0.309 e. The summed E-state index contributed by atoms with van der Waals surface area (Å²) in [4.78, 5) is 43.2. The van der Waals surface area contributed by atoms with Gasteiger partial charge >= 0.3 is 0 Å². The predicted molar refractivity (Wildman–Crippen MR) is 127 cm³/mol. The summed E-state index contributed by atoms with van der Waals surface area (Å²) in [6.45, 7) is 7.42. The molecule has 1 N–H and O–H groups in total. The van der Waals surface area contributed by atoms with Crippen LogP contribution in [0.3, 0.4) is 0 Å². The molecule has 0 bridgehead atoms. The average Bonchev–Trinajstić information content (AvgIpc) is 3.33. The smallest absolute Gasteiger partial charge is 0.269 e. The van der Waals surface area contributed by atoms with Crippen LogP contribution in [0.2, 0.25) is 0 Å². The van der Waals surface area contributed by atoms with Crippen molar-refractivity contribution in [1.82, 2.24) is 24.7 Å². The first-order valence-corrected chi connectivity index (χ1v) is 11.5. The van der Waals surface area contributed by atoms with E-state index in [0.29, 0.717) is 55.3 Å². The summed E-state index contributed by atoms with van der Waals surface area (Å²) >= 11 is 2.55.